The molecule has 0 saturated carbocycles. The van der Waals surface area contributed by atoms with Gasteiger partial charge in [0.2, 0.25) is 0 Å². The number of nitrogens with one attached hydrogen (secondary N) is 2. The van der Waals surface area contributed by atoms with Crippen molar-refractivity contribution in [1.29, 1.82) is 0 Å². The predicted molar refractivity (Wildman–Crippen MR) is 120 cm³/mol. The van der Waals surface area contributed by atoms with Crippen LogP contribution in [-0.2, 0) is 16.1 Å². The van der Waals surface area contributed by atoms with Crippen LogP contribution in [0.1, 0.15) is 28.8 Å². The van der Waals surface area contributed by atoms with Crippen LogP contribution < -0.4 is 10.6 Å². The van der Waals surface area contributed by atoms with Crippen LogP contribution >= 0.6 is 23.2 Å². The molecule has 7 nitrogen and oxygen atoms in total. The minimum atomic E-state index is -0.438. The van der Waals surface area contributed by atoms with Gasteiger partial charge in [0.15, 0.2) is 0 Å². The van der Waals surface area contributed by atoms with E-state index >= 15 is 0 Å². The van der Waals surface area contributed by atoms with Crippen molar-refractivity contribution < 1.29 is 14.3 Å². The fourth-order valence-corrected chi connectivity index (χ4v) is 3.78. The van der Waals surface area contributed by atoms with Gasteiger partial charge in [-0.05, 0) is 48.7 Å². The molecule has 2 amide bonds. The summed E-state index contributed by atoms with van der Waals surface area (Å²) < 4.78 is 7.03. The molecule has 9 heteroatoms. The maximum absolute atomic E-state index is 12.8. The van der Waals surface area contributed by atoms with Gasteiger partial charge in [-0.2, -0.15) is 5.10 Å². The maximum Gasteiger partial charge on any atom is 0.256 e. The molecule has 1 aliphatic heterocycles. The van der Waals surface area contributed by atoms with Crippen LogP contribution in [0, 0.1) is 0 Å². The maximum atomic E-state index is 12.8. The molecule has 4 rings (SSSR count). The van der Waals surface area contributed by atoms with Crippen LogP contribution in [0.3, 0.4) is 0 Å². The van der Waals surface area contributed by atoms with E-state index in [4.69, 9.17) is 27.9 Å². The second-order valence-electron chi connectivity index (χ2n) is 7.14. The smallest absolute Gasteiger partial charge is 0.256 e. The standard InChI is InChI=1S/C22H20Cl2N4O3/c23-16-7-6-15(18(24)12-16)13-28-20(8-9-25-28)27-21(29)14-3-1-4-17(11-14)26-22(30)19-5-2-10-31-19/h1,3-4,6-9,11-12,19H,2,5,10,13H2,(H,26,30)(H,27,29). The Balaban J connectivity index is 1.44. The third-order valence-electron chi connectivity index (χ3n) is 4.91. The Morgan fingerprint density at radius 3 is 2.77 bits per heavy atom. The zero-order chi connectivity index (χ0) is 21.8. The van der Waals surface area contributed by atoms with Gasteiger partial charge in [0.1, 0.15) is 11.9 Å². The van der Waals surface area contributed by atoms with Gasteiger partial charge in [0.05, 0.1) is 12.7 Å². The molecule has 0 bridgehead atoms. The number of nitrogens with zero attached hydrogens (tertiary/aromatic N) is 2. The summed E-state index contributed by atoms with van der Waals surface area (Å²) >= 11 is 12.2. The van der Waals surface area contributed by atoms with E-state index in [2.05, 4.69) is 15.7 Å². The highest BCUT2D eigenvalue weighted by Crippen LogP contribution is 2.23. The Morgan fingerprint density at radius 2 is 2.00 bits per heavy atom. The van der Waals surface area contributed by atoms with Gasteiger partial charge in [0.25, 0.3) is 11.8 Å². The van der Waals surface area contributed by atoms with Crippen molar-refractivity contribution in [1.82, 2.24) is 9.78 Å². The molecule has 1 aromatic heterocycles. The van der Waals surface area contributed by atoms with Crippen LogP contribution in [0.15, 0.2) is 54.7 Å². The van der Waals surface area contributed by atoms with Gasteiger partial charge in [-0.3, -0.25) is 9.59 Å². The van der Waals surface area contributed by atoms with Gasteiger partial charge in [-0.15, -0.1) is 0 Å². The molecule has 2 heterocycles. The van der Waals surface area contributed by atoms with Crippen molar-refractivity contribution in [2.45, 2.75) is 25.5 Å². The third kappa shape index (κ3) is 5.25. The number of benzene rings is 2. The van der Waals surface area contributed by atoms with E-state index in [9.17, 15) is 9.59 Å². The van der Waals surface area contributed by atoms with E-state index in [0.717, 1.165) is 12.0 Å². The number of rotatable bonds is 6. The first-order valence-corrected chi connectivity index (χ1v) is 10.5. The van der Waals surface area contributed by atoms with Gasteiger partial charge in [-0.25, -0.2) is 4.68 Å². The molecule has 1 atom stereocenters. The zero-order valence-corrected chi connectivity index (χ0v) is 18.0. The van der Waals surface area contributed by atoms with Crippen molar-refractivity contribution >= 4 is 46.5 Å². The summed E-state index contributed by atoms with van der Waals surface area (Å²) in [4.78, 5) is 25.0. The number of aromatic nitrogens is 2. The van der Waals surface area contributed by atoms with Crippen LogP contribution in [0.4, 0.5) is 11.5 Å². The number of amides is 2. The number of ether oxygens (including phenoxy) is 1. The number of carbonyl (C=O) groups is 2. The van der Waals surface area contributed by atoms with Crippen molar-refractivity contribution in [3.8, 4) is 0 Å². The number of hydrogen-bond donors (Lipinski definition) is 2. The van der Waals surface area contributed by atoms with E-state index in [1.807, 2.05) is 6.07 Å². The van der Waals surface area contributed by atoms with Gasteiger partial charge in [0, 0.05) is 34.0 Å². The normalized spacial score (nSPS) is 15.6. The minimum Gasteiger partial charge on any atom is -0.368 e. The largest absolute Gasteiger partial charge is 0.368 e. The molecule has 1 saturated heterocycles. The first kappa shape index (κ1) is 21.4. The average Bonchev–Trinajstić information content (AvgIpc) is 3.43. The Morgan fingerprint density at radius 1 is 1.13 bits per heavy atom. The molecule has 2 N–H and O–H groups in total. The average molecular weight is 459 g/mol. The molecule has 0 radical (unpaired) electrons. The third-order valence-corrected chi connectivity index (χ3v) is 5.49. The quantitative estimate of drug-likeness (QED) is 0.564. The van der Waals surface area contributed by atoms with Crippen molar-refractivity contribution in [3.05, 3.63) is 75.9 Å². The summed E-state index contributed by atoms with van der Waals surface area (Å²) in [5, 5.41) is 11.0. The van der Waals surface area contributed by atoms with E-state index < -0.39 is 6.10 Å². The second kappa shape index (κ2) is 9.51. The number of halogens is 2. The monoisotopic (exact) mass is 458 g/mol. The van der Waals surface area contributed by atoms with Gasteiger partial charge >= 0.3 is 0 Å². The zero-order valence-electron chi connectivity index (χ0n) is 16.5. The number of carbonyl (C=O) groups excluding carboxylic acids is 2. The molecular formula is C22H20Cl2N4O3. The fraction of sp³-hybridized carbons (Fsp3) is 0.227. The highest BCUT2D eigenvalue weighted by molar-refractivity contribution is 6.35. The van der Waals surface area contributed by atoms with E-state index in [0.29, 0.717) is 46.7 Å². The molecule has 160 valence electrons. The Hall–Kier alpha value is -2.87. The number of hydrogen-bond acceptors (Lipinski definition) is 4. The molecule has 1 aliphatic rings. The van der Waals surface area contributed by atoms with Crippen molar-refractivity contribution in [2.75, 3.05) is 17.2 Å². The highest BCUT2D eigenvalue weighted by Gasteiger charge is 2.23. The lowest BCUT2D eigenvalue weighted by atomic mass is 10.1. The van der Waals surface area contributed by atoms with Crippen molar-refractivity contribution in [2.24, 2.45) is 0 Å². The predicted octanol–water partition coefficient (Wildman–Crippen LogP) is 4.61. The molecule has 1 unspecified atom stereocenters. The lowest BCUT2D eigenvalue weighted by Crippen LogP contribution is -2.27. The van der Waals surface area contributed by atoms with Gasteiger partial charge < -0.3 is 15.4 Å². The second-order valence-corrected chi connectivity index (χ2v) is 7.98. The topological polar surface area (TPSA) is 85.3 Å². The summed E-state index contributed by atoms with van der Waals surface area (Å²) in [7, 11) is 0. The van der Waals surface area contributed by atoms with Crippen LogP contribution in [0.2, 0.25) is 10.0 Å². The Labute approximate surface area is 189 Å². The molecule has 1 fully saturated rings. The van der Waals surface area contributed by atoms with E-state index in [1.54, 1.807) is 53.3 Å². The molecule has 3 aromatic rings. The van der Waals surface area contributed by atoms with Gasteiger partial charge in [-0.1, -0.05) is 35.3 Å². The van der Waals surface area contributed by atoms with Crippen LogP contribution in [0.5, 0.6) is 0 Å². The molecular weight excluding hydrogens is 439 g/mol. The Kier molecular flexibility index (Phi) is 6.56. The summed E-state index contributed by atoms with van der Waals surface area (Å²) in [6, 6.07) is 13.7. The summed E-state index contributed by atoms with van der Waals surface area (Å²) in [6.07, 6.45) is 2.73. The first-order valence-electron chi connectivity index (χ1n) is 9.79. The van der Waals surface area contributed by atoms with E-state index in [1.165, 1.54) is 0 Å². The SMILES string of the molecule is O=C(Nc1ccnn1Cc1ccc(Cl)cc1Cl)c1cccc(NC(=O)C2CCCO2)c1. The minimum absolute atomic E-state index is 0.201. The summed E-state index contributed by atoms with van der Waals surface area (Å²) in [5.41, 5.74) is 1.76. The lowest BCUT2D eigenvalue weighted by Gasteiger charge is -2.12. The summed E-state index contributed by atoms with van der Waals surface area (Å²) in [5.74, 6) is -0.00467. The fourth-order valence-electron chi connectivity index (χ4n) is 3.31. The van der Waals surface area contributed by atoms with E-state index in [-0.39, 0.29) is 11.8 Å². The molecule has 0 aliphatic carbocycles. The lowest BCUT2D eigenvalue weighted by molar-refractivity contribution is -0.124. The van der Waals surface area contributed by atoms with Crippen LogP contribution in [-0.4, -0.2) is 34.3 Å². The highest BCUT2D eigenvalue weighted by atomic mass is 35.5. The van der Waals surface area contributed by atoms with Crippen molar-refractivity contribution in [3.63, 3.8) is 0 Å². The number of anilines is 2. The molecule has 2 aromatic carbocycles. The summed E-state index contributed by atoms with van der Waals surface area (Å²) in [6.45, 7) is 0.964. The first-order chi connectivity index (χ1) is 15.0. The molecule has 0 spiro atoms. The van der Waals surface area contributed by atoms with Crippen LogP contribution in [0.25, 0.3) is 0 Å². The Bertz CT molecular complexity index is 1110. The molecule has 31 heavy (non-hydrogen) atoms.